The molecule has 302 valence electrons. The van der Waals surface area contributed by atoms with Gasteiger partial charge in [-0.3, -0.25) is 19.2 Å². The molecule has 10 rings (SSSR count). The summed E-state index contributed by atoms with van der Waals surface area (Å²) >= 11 is 1.40. The number of carbonyl (C=O) groups excluding carboxylic acids is 2. The largest absolute Gasteiger partial charge is 0.435 e. The van der Waals surface area contributed by atoms with Crippen LogP contribution in [0.3, 0.4) is 0 Å². The van der Waals surface area contributed by atoms with Gasteiger partial charge in [-0.15, -0.1) is 0 Å². The van der Waals surface area contributed by atoms with Gasteiger partial charge >= 0.3 is 6.18 Å². The quantitative estimate of drug-likeness (QED) is 0.176. The summed E-state index contributed by atoms with van der Waals surface area (Å²) in [5.41, 5.74) is -0.256. The summed E-state index contributed by atoms with van der Waals surface area (Å²) in [5, 5.41) is 9.70. The topological polar surface area (TPSA) is 118 Å². The van der Waals surface area contributed by atoms with Crippen molar-refractivity contribution in [1.29, 1.82) is 0 Å². The molecular formula is C39H33F7N8O3S. The number of ether oxygens (including phenoxy) is 1. The van der Waals surface area contributed by atoms with Crippen LogP contribution < -0.4 is 15.5 Å². The van der Waals surface area contributed by atoms with Gasteiger partial charge in [0.25, 0.3) is 11.8 Å². The Labute approximate surface area is 329 Å². The van der Waals surface area contributed by atoms with Crippen LogP contribution in [-0.2, 0) is 41.1 Å². The number of nitrogens with one attached hydrogen (secondary N) is 2. The van der Waals surface area contributed by atoms with Crippen molar-refractivity contribution < 1.29 is 45.1 Å². The molecule has 2 aliphatic carbocycles. The van der Waals surface area contributed by atoms with E-state index in [9.17, 15) is 31.5 Å². The normalized spacial score (nSPS) is 21.7. The van der Waals surface area contributed by atoms with Crippen molar-refractivity contribution in [3.63, 3.8) is 0 Å². The second-order valence-corrected chi connectivity index (χ2v) is 16.5. The summed E-state index contributed by atoms with van der Waals surface area (Å²) in [6.07, 6.45) is -5.42. The van der Waals surface area contributed by atoms with E-state index < -0.39 is 71.0 Å². The number of alkyl halides is 5. The van der Waals surface area contributed by atoms with Crippen molar-refractivity contribution >= 4 is 38.6 Å². The molecule has 3 atom stereocenters. The van der Waals surface area contributed by atoms with E-state index in [-0.39, 0.29) is 30.0 Å². The number of halogens is 7. The highest BCUT2D eigenvalue weighted by molar-refractivity contribution is 7.22. The first kappa shape index (κ1) is 37.2. The smallest absolute Gasteiger partial charge is 0.378 e. The average molecular weight is 827 g/mol. The second-order valence-electron chi connectivity index (χ2n) is 15.4. The van der Waals surface area contributed by atoms with E-state index in [0.29, 0.717) is 81.8 Å². The Hall–Kier alpha value is -5.14. The molecule has 0 radical (unpaired) electrons. The first-order valence-corrected chi connectivity index (χ1v) is 19.6. The summed E-state index contributed by atoms with van der Waals surface area (Å²) in [7, 11) is 0. The molecule has 1 saturated carbocycles. The van der Waals surface area contributed by atoms with E-state index in [2.05, 4.69) is 25.5 Å². The second kappa shape index (κ2) is 13.5. The van der Waals surface area contributed by atoms with Gasteiger partial charge < -0.3 is 20.3 Å². The van der Waals surface area contributed by atoms with Crippen molar-refractivity contribution in [3.8, 4) is 11.1 Å². The van der Waals surface area contributed by atoms with Gasteiger partial charge in [0.15, 0.2) is 16.5 Å². The minimum atomic E-state index is -5.03. The molecule has 6 heterocycles. The fraction of sp³-hybridized carbons (Fsp3) is 0.410. The number of fused-ring (bicyclic) bond motifs is 5. The van der Waals surface area contributed by atoms with Gasteiger partial charge in [-0.1, -0.05) is 23.5 Å². The number of piperazine rings is 1. The molecule has 2 N–H and O–H groups in total. The van der Waals surface area contributed by atoms with Crippen molar-refractivity contribution in [2.45, 2.75) is 56.0 Å². The highest BCUT2D eigenvalue weighted by Gasteiger charge is 2.68. The van der Waals surface area contributed by atoms with E-state index in [1.807, 2.05) is 6.07 Å². The molecule has 3 fully saturated rings. The highest BCUT2D eigenvalue weighted by Crippen LogP contribution is 2.68. The minimum Gasteiger partial charge on any atom is -0.378 e. The number of rotatable bonds is 9. The Morgan fingerprint density at radius 2 is 1.78 bits per heavy atom. The van der Waals surface area contributed by atoms with Crippen LogP contribution in [0.25, 0.3) is 21.5 Å². The van der Waals surface area contributed by atoms with Gasteiger partial charge in [-0.25, -0.2) is 13.8 Å². The Bertz CT molecular complexity index is 2490. The predicted octanol–water partition coefficient (Wildman–Crippen LogP) is 5.93. The maximum atomic E-state index is 15.4. The fourth-order valence-corrected chi connectivity index (χ4v) is 9.74. The zero-order chi connectivity index (χ0) is 40.2. The molecule has 3 aromatic heterocycles. The monoisotopic (exact) mass is 826 g/mol. The molecule has 0 bridgehead atoms. The molecule has 2 saturated heterocycles. The predicted molar refractivity (Wildman–Crippen MR) is 195 cm³/mol. The lowest BCUT2D eigenvalue weighted by Crippen LogP contribution is -2.56. The van der Waals surface area contributed by atoms with Crippen LogP contribution in [0.5, 0.6) is 0 Å². The molecule has 5 aliphatic rings. The van der Waals surface area contributed by atoms with E-state index in [1.165, 1.54) is 11.3 Å². The minimum absolute atomic E-state index is 0.101. The summed E-state index contributed by atoms with van der Waals surface area (Å²) in [6, 6.07) is 9.01. The lowest BCUT2D eigenvalue weighted by molar-refractivity contribution is -0.142. The number of thiazole rings is 1. The van der Waals surface area contributed by atoms with Gasteiger partial charge in [0.05, 0.1) is 35.7 Å². The molecule has 0 unspecified atom stereocenters. The van der Waals surface area contributed by atoms with Crippen LogP contribution in [0.1, 0.15) is 62.5 Å². The van der Waals surface area contributed by atoms with Crippen LogP contribution in [0.2, 0.25) is 0 Å². The first-order valence-electron chi connectivity index (χ1n) is 18.8. The van der Waals surface area contributed by atoms with Crippen molar-refractivity contribution in [3.05, 3.63) is 93.4 Å². The molecule has 11 nitrogen and oxygen atoms in total. The molecule has 58 heavy (non-hydrogen) atoms. The van der Waals surface area contributed by atoms with Crippen LogP contribution in [-0.4, -0.2) is 81.9 Å². The lowest BCUT2D eigenvalue weighted by atomic mass is 9.93. The zero-order valence-corrected chi connectivity index (χ0v) is 31.2. The third-order valence-electron chi connectivity index (χ3n) is 11.7. The number of anilines is 1. The number of benzene rings is 2. The molecule has 19 heteroatoms. The average Bonchev–Trinajstić information content (AvgIpc) is 3.37. The Balaban J connectivity index is 1.05. The maximum absolute atomic E-state index is 15.4. The Morgan fingerprint density at radius 3 is 2.48 bits per heavy atom. The third-order valence-corrected chi connectivity index (χ3v) is 12.8. The molecule has 2 aromatic carbocycles. The number of hydrogen-bond acceptors (Lipinski definition) is 9. The van der Waals surface area contributed by atoms with Crippen molar-refractivity contribution in [2.75, 3.05) is 44.3 Å². The number of nitrogens with zero attached hydrogens (tertiary/aromatic N) is 6. The highest BCUT2D eigenvalue weighted by atomic mass is 32.1. The Morgan fingerprint density at radius 1 is 1.02 bits per heavy atom. The van der Waals surface area contributed by atoms with Crippen LogP contribution in [0.15, 0.2) is 42.5 Å². The molecular weight excluding hydrogens is 794 g/mol. The number of amides is 2. The van der Waals surface area contributed by atoms with Crippen molar-refractivity contribution in [2.24, 2.45) is 5.92 Å². The summed E-state index contributed by atoms with van der Waals surface area (Å²) in [6.45, 7) is 3.75. The van der Waals surface area contributed by atoms with Gasteiger partial charge in [-0.2, -0.15) is 32.0 Å². The van der Waals surface area contributed by atoms with Crippen LogP contribution >= 0.6 is 11.3 Å². The van der Waals surface area contributed by atoms with E-state index in [1.54, 1.807) is 18.2 Å². The fourth-order valence-electron chi connectivity index (χ4n) is 8.74. The first-order chi connectivity index (χ1) is 27.7. The molecule has 0 spiro atoms. The van der Waals surface area contributed by atoms with E-state index >= 15 is 8.78 Å². The summed E-state index contributed by atoms with van der Waals surface area (Å²) in [4.78, 5) is 41.0. The molecule has 3 aliphatic heterocycles. The number of pyridine rings is 1. The molecule has 2 amide bonds. The zero-order valence-electron chi connectivity index (χ0n) is 30.4. The van der Waals surface area contributed by atoms with Crippen molar-refractivity contribution in [1.82, 2.24) is 35.3 Å². The van der Waals surface area contributed by atoms with Crippen LogP contribution in [0, 0.1) is 17.6 Å². The Kier molecular flexibility index (Phi) is 8.62. The number of aromatic nitrogens is 4. The standard InChI is InChI=1S/C39H33F7N8O3S/c40-21-7-18(8-22(41)11-21)9-28(48-30(55)15-54-34-31(33(51-54)39(44,45)46)26-12-27(26)38(34,42)43)32-24(19-1-2-20-14-47-36(56)25(20)10-19)13-29-35(49-32)50-37(58-29)53-5-3-52(4-6-53)23-16-57-17-23/h1-2,7-8,10-11,13,23,26-28H,3-6,9,12,14-17H2,(H,47,56)(H,48,55)/t26-,27+,28-/m0/s1. The summed E-state index contributed by atoms with van der Waals surface area (Å²) in [5.74, 6) is -9.01. The third kappa shape index (κ3) is 6.37. The maximum Gasteiger partial charge on any atom is 0.435 e. The number of hydrogen-bond donors (Lipinski definition) is 2. The van der Waals surface area contributed by atoms with Gasteiger partial charge in [0.1, 0.15) is 23.9 Å². The van der Waals surface area contributed by atoms with Gasteiger partial charge in [0.2, 0.25) is 5.91 Å². The van der Waals surface area contributed by atoms with Gasteiger partial charge in [0, 0.05) is 61.4 Å². The summed E-state index contributed by atoms with van der Waals surface area (Å²) < 4.78 is 109. The number of carbonyl (C=O) groups is 2. The van der Waals surface area contributed by atoms with Gasteiger partial charge in [-0.05, 0) is 59.7 Å². The van der Waals surface area contributed by atoms with E-state index in [4.69, 9.17) is 14.7 Å². The van der Waals surface area contributed by atoms with E-state index in [0.717, 1.165) is 30.8 Å². The molecule has 5 aromatic rings. The lowest BCUT2D eigenvalue weighted by Gasteiger charge is -2.42. The SMILES string of the molecule is O=C(Cn1nc(C(F)(F)F)c2c1C(F)(F)[C@@H]1C[C@H]21)N[C@@H](Cc1cc(F)cc(F)c1)c1nc2nc(N3CCN(C4COC4)CC3)sc2cc1-c1ccc2c(c1)C(=O)NC2. The van der Waals surface area contributed by atoms with Crippen LogP contribution in [0.4, 0.5) is 35.9 Å².